The summed E-state index contributed by atoms with van der Waals surface area (Å²) in [5, 5.41) is 11.9. The van der Waals surface area contributed by atoms with Gasteiger partial charge in [-0.1, -0.05) is 27.7 Å². The number of carboxylic acid groups (broad SMARTS) is 1. The van der Waals surface area contributed by atoms with Gasteiger partial charge < -0.3 is 15.2 Å². The molecule has 0 saturated carbocycles. The van der Waals surface area contributed by atoms with Crippen LogP contribution in [0.2, 0.25) is 0 Å². The van der Waals surface area contributed by atoms with Gasteiger partial charge in [0.05, 0.1) is 12.7 Å². The molecule has 0 bridgehead atoms. The van der Waals surface area contributed by atoms with E-state index in [9.17, 15) is 4.79 Å². The molecule has 0 fully saturated rings. The van der Waals surface area contributed by atoms with Gasteiger partial charge in [-0.25, -0.2) is 0 Å². The fourth-order valence-corrected chi connectivity index (χ4v) is 1.59. The van der Waals surface area contributed by atoms with E-state index in [-0.39, 0.29) is 18.8 Å². The van der Waals surface area contributed by atoms with Crippen LogP contribution in [0.1, 0.15) is 41.0 Å². The Bertz CT molecular complexity index is 204. The lowest BCUT2D eigenvalue weighted by molar-refractivity contribution is -0.142. The van der Waals surface area contributed by atoms with E-state index in [1.54, 1.807) is 0 Å². The monoisotopic (exact) mass is 231 g/mol. The van der Waals surface area contributed by atoms with Crippen molar-refractivity contribution >= 4 is 5.97 Å². The van der Waals surface area contributed by atoms with Crippen LogP contribution in [0.25, 0.3) is 0 Å². The van der Waals surface area contributed by atoms with Crippen LogP contribution in [-0.2, 0) is 9.53 Å². The van der Waals surface area contributed by atoms with E-state index < -0.39 is 12.0 Å². The second-order valence-corrected chi connectivity index (χ2v) is 4.99. The van der Waals surface area contributed by atoms with Crippen LogP contribution in [0.15, 0.2) is 0 Å². The van der Waals surface area contributed by atoms with Crippen molar-refractivity contribution in [1.82, 2.24) is 5.32 Å². The smallest absolute Gasteiger partial charge is 0.323 e. The molecule has 4 heteroatoms. The van der Waals surface area contributed by atoms with Gasteiger partial charge in [-0.15, -0.1) is 0 Å². The van der Waals surface area contributed by atoms with Crippen LogP contribution in [0, 0.1) is 5.92 Å². The summed E-state index contributed by atoms with van der Waals surface area (Å²) >= 11 is 0. The Hall–Kier alpha value is -0.610. The Morgan fingerprint density at radius 2 is 1.81 bits per heavy atom. The van der Waals surface area contributed by atoms with Gasteiger partial charge in [0.25, 0.3) is 0 Å². The van der Waals surface area contributed by atoms with Crippen molar-refractivity contribution in [2.75, 3.05) is 6.61 Å². The average Bonchev–Trinajstić information content (AvgIpc) is 2.09. The van der Waals surface area contributed by atoms with E-state index in [1.165, 1.54) is 0 Å². The zero-order valence-corrected chi connectivity index (χ0v) is 11.0. The molecule has 0 rings (SSSR count). The van der Waals surface area contributed by atoms with Crippen molar-refractivity contribution in [3.8, 4) is 0 Å². The maximum atomic E-state index is 10.9. The molecule has 4 nitrogen and oxygen atoms in total. The average molecular weight is 231 g/mol. The van der Waals surface area contributed by atoms with Crippen LogP contribution in [0.3, 0.4) is 0 Å². The maximum Gasteiger partial charge on any atom is 0.323 e. The first-order valence-electron chi connectivity index (χ1n) is 5.93. The Kier molecular flexibility index (Phi) is 7.34. The van der Waals surface area contributed by atoms with E-state index in [2.05, 4.69) is 19.2 Å². The van der Waals surface area contributed by atoms with E-state index in [0.717, 1.165) is 6.42 Å². The second-order valence-electron chi connectivity index (χ2n) is 4.99. The van der Waals surface area contributed by atoms with Crippen molar-refractivity contribution in [3.05, 3.63) is 0 Å². The summed E-state index contributed by atoms with van der Waals surface area (Å²) < 4.78 is 5.53. The topological polar surface area (TPSA) is 58.6 Å². The molecular weight excluding hydrogens is 206 g/mol. The fraction of sp³-hybridized carbons (Fsp3) is 0.917. The molecule has 16 heavy (non-hydrogen) atoms. The number of rotatable bonds is 8. The molecule has 2 atom stereocenters. The molecule has 0 spiro atoms. The minimum Gasteiger partial charge on any atom is -0.480 e. The molecule has 0 aliphatic carbocycles. The lowest BCUT2D eigenvalue weighted by atomic mass is 10.1. The molecule has 0 aromatic carbocycles. The predicted molar refractivity (Wildman–Crippen MR) is 64.6 cm³/mol. The van der Waals surface area contributed by atoms with Gasteiger partial charge in [-0.05, 0) is 19.3 Å². The van der Waals surface area contributed by atoms with Crippen molar-refractivity contribution < 1.29 is 14.6 Å². The van der Waals surface area contributed by atoms with Crippen molar-refractivity contribution in [3.63, 3.8) is 0 Å². The third kappa shape index (κ3) is 7.65. The van der Waals surface area contributed by atoms with E-state index >= 15 is 0 Å². The molecule has 0 aliphatic heterocycles. The summed E-state index contributed by atoms with van der Waals surface area (Å²) in [5.74, 6) is -0.290. The number of nitrogens with one attached hydrogen (secondary N) is 1. The molecular formula is C12H25NO3. The molecule has 0 heterocycles. The normalized spacial score (nSPS) is 15.4. The summed E-state index contributed by atoms with van der Waals surface area (Å²) in [6, 6.07) is -0.472. The number of hydrogen-bond acceptors (Lipinski definition) is 3. The lowest BCUT2D eigenvalue weighted by Crippen LogP contribution is -2.44. The molecule has 96 valence electrons. The van der Waals surface area contributed by atoms with Crippen LogP contribution in [0.4, 0.5) is 0 Å². The first kappa shape index (κ1) is 15.4. The zero-order valence-electron chi connectivity index (χ0n) is 11.0. The van der Waals surface area contributed by atoms with Crippen LogP contribution >= 0.6 is 0 Å². The Morgan fingerprint density at radius 1 is 1.25 bits per heavy atom. The van der Waals surface area contributed by atoms with Crippen LogP contribution < -0.4 is 5.32 Å². The van der Waals surface area contributed by atoms with Crippen molar-refractivity contribution in [2.24, 2.45) is 5.92 Å². The summed E-state index contributed by atoms with van der Waals surface area (Å²) in [7, 11) is 0. The summed E-state index contributed by atoms with van der Waals surface area (Å²) in [6.07, 6.45) is 1.06. The highest BCUT2D eigenvalue weighted by molar-refractivity contribution is 5.73. The zero-order chi connectivity index (χ0) is 12.7. The maximum absolute atomic E-state index is 10.9. The fourth-order valence-electron chi connectivity index (χ4n) is 1.59. The molecule has 0 amide bonds. The molecule has 2 N–H and O–H groups in total. The standard InChI is InChI=1S/C12H25NO3/c1-8(2)6-10(5)16-7-11(12(14)15)13-9(3)4/h8-11,13H,6-7H2,1-5H3,(H,14,15). The van der Waals surface area contributed by atoms with Gasteiger partial charge in [-0.3, -0.25) is 4.79 Å². The summed E-state index contributed by atoms with van der Waals surface area (Å²) in [5.41, 5.74) is 0. The molecule has 0 aliphatic rings. The predicted octanol–water partition coefficient (Wildman–Crippen LogP) is 1.89. The van der Waals surface area contributed by atoms with E-state index in [1.807, 2.05) is 20.8 Å². The molecule has 2 unspecified atom stereocenters. The largest absolute Gasteiger partial charge is 0.480 e. The Labute approximate surface area is 98.4 Å². The highest BCUT2D eigenvalue weighted by atomic mass is 16.5. The first-order valence-corrected chi connectivity index (χ1v) is 5.93. The Balaban J connectivity index is 3.97. The SMILES string of the molecule is CC(C)CC(C)OCC(NC(C)C)C(=O)O. The van der Waals surface area contributed by atoms with Crippen LogP contribution in [0.5, 0.6) is 0 Å². The second kappa shape index (κ2) is 7.63. The highest BCUT2D eigenvalue weighted by Gasteiger charge is 2.19. The van der Waals surface area contributed by atoms with E-state index in [4.69, 9.17) is 9.84 Å². The molecule has 0 aromatic rings. The number of carbonyl (C=O) groups is 1. The van der Waals surface area contributed by atoms with Crippen LogP contribution in [-0.4, -0.2) is 35.9 Å². The van der Waals surface area contributed by atoms with Gasteiger partial charge in [-0.2, -0.15) is 0 Å². The number of hydrogen-bond donors (Lipinski definition) is 2. The molecule has 0 aromatic heterocycles. The number of carboxylic acids is 1. The quantitative estimate of drug-likeness (QED) is 0.669. The molecule has 0 radical (unpaired) electrons. The van der Waals surface area contributed by atoms with Crippen molar-refractivity contribution in [2.45, 2.75) is 59.2 Å². The Morgan fingerprint density at radius 3 is 2.19 bits per heavy atom. The summed E-state index contributed by atoms with van der Waals surface area (Å²) in [4.78, 5) is 10.9. The lowest BCUT2D eigenvalue weighted by Gasteiger charge is -2.21. The van der Waals surface area contributed by atoms with Gasteiger partial charge in [0.2, 0.25) is 0 Å². The third-order valence-corrected chi connectivity index (χ3v) is 2.18. The van der Waals surface area contributed by atoms with E-state index in [0.29, 0.717) is 5.92 Å². The van der Waals surface area contributed by atoms with Crippen molar-refractivity contribution in [1.29, 1.82) is 0 Å². The van der Waals surface area contributed by atoms with Gasteiger partial charge in [0, 0.05) is 6.04 Å². The minimum atomic E-state index is -0.856. The van der Waals surface area contributed by atoms with Gasteiger partial charge in [0.15, 0.2) is 0 Å². The third-order valence-electron chi connectivity index (χ3n) is 2.18. The first-order chi connectivity index (χ1) is 7.32. The molecule has 0 saturated heterocycles. The number of aliphatic carboxylic acids is 1. The summed E-state index contributed by atoms with van der Waals surface area (Å²) in [6.45, 7) is 10.3. The van der Waals surface area contributed by atoms with Gasteiger partial charge >= 0.3 is 5.97 Å². The highest BCUT2D eigenvalue weighted by Crippen LogP contribution is 2.07. The number of ether oxygens (including phenoxy) is 1. The van der Waals surface area contributed by atoms with Gasteiger partial charge in [0.1, 0.15) is 6.04 Å². The minimum absolute atomic E-state index is 0.107.